The average Bonchev–Trinajstić information content (AvgIpc) is 2.55. The van der Waals surface area contributed by atoms with Crippen LogP contribution in [0.3, 0.4) is 0 Å². The summed E-state index contributed by atoms with van der Waals surface area (Å²) in [5.41, 5.74) is 0.601. The van der Waals surface area contributed by atoms with Gasteiger partial charge in [0, 0.05) is 5.69 Å². The molecule has 0 aliphatic heterocycles. The van der Waals surface area contributed by atoms with Gasteiger partial charge in [-0.1, -0.05) is 25.8 Å². The maximum atomic E-state index is 12.1. The van der Waals surface area contributed by atoms with Crippen molar-refractivity contribution in [3.63, 3.8) is 0 Å². The van der Waals surface area contributed by atoms with E-state index in [1.807, 2.05) is 0 Å². The van der Waals surface area contributed by atoms with E-state index in [0.717, 1.165) is 25.0 Å². The first-order valence-corrected chi connectivity index (χ1v) is 7.67. The van der Waals surface area contributed by atoms with Gasteiger partial charge in [0.05, 0.1) is 12.2 Å². The van der Waals surface area contributed by atoms with Crippen LogP contribution in [-0.4, -0.2) is 22.7 Å². The minimum absolute atomic E-state index is 0.0184. The Kier molecular flexibility index (Phi) is 5.86. The average molecular weight is 315 g/mol. The van der Waals surface area contributed by atoms with Crippen molar-refractivity contribution in [2.75, 3.05) is 11.9 Å². The zero-order valence-electron chi connectivity index (χ0n) is 13.1. The third-order valence-electron chi connectivity index (χ3n) is 3.39. The molecule has 0 unspecified atom stereocenters. The molecule has 0 radical (unpaired) electrons. The third-order valence-corrected chi connectivity index (χ3v) is 3.39. The molecule has 0 aliphatic carbocycles. The van der Waals surface area contributed by atoms with Crippen LogP contribution >= 0.6 is 0 Å². The van der Waals surface area contributed by atoms with Crippen molar-refractivity contribution in [2.45, 2.75) is 26.2 Å². The van der Waals surface area contributed by atoms with Gasteiger partial charge in [0.1, 0.15) is 5.75 Å². The van der Waals surface area contributed by atoms with E-state index in [1.54, 1.807) is 24.3 Å². The quantitative estimate of drug-likeness (QED) is 0.534. The zero-order valence-corrected chi connectivity index (χ0v) is 13.1. The summed E-state index contributed by atoms with van der Waals surface area (Å²) in [5, 5.41) is 21.8. The number of phenolic OH excluding ortho intramolecular Hbond substituents is 2. The van der Waals surface area contributed by atoms with Crippen molar-refractivity contribution in [1.29, 1.82) is 0 Å². The number of benzene rings is 2. The van der Waals surface area contributed by atoms with E-state index in [-0.39, 0.29) is 11.3 Å². The largest absolute Gasteiger partial charge is 0.504 e. The number of para-hydroxylation sites is 1. The SMILES string of the molecule is CCCCCOc1ccc(NC(=O)c2cccc(O)c2O)cc1. The van der Waals surface area contributed by atoms with Crippen LogP contribution in [0.15, 0.2) is 42.5 Å². The van der Waals surface area contributed by atoms with E-state index < -0.39 is 11.7 Å². The third kappa shape index (κ3) is 4.64. The lowest BCUT2D eigenvalue weighted by Gasteiger charge is -2.09. The monoisotopic (exact) mass is 315 g/mol. The predicted octanol–water partition coefficient (Wildman–Crippen LogP) is 3.92. The summed E-state index contributed by atoms with van der Waals surface area (Å²) < 4.78 is 5.60. The molecule has 0 saturated carbocycles. The molecule has 3 N–H and O–H groups in total. The molecule has 5 nitrogen and oxygen atoms in total. The second-order valence-electron chi connectivity index (χ2n) is 5.21. The smallest absolute Gasteiger partial charge is 0.259 e. The molecule has 0 bridgehead atoms. The second kappa shape index (κ2) is 8.08. The van der Waals surface area contributed by atoms with Crippen molar-refractivity contribution in [1.82, 2.24) is 0 Å². The molecular weight excluding hydrogens is 294 g/mol. The number of ether oxygens (including phenoxy) is 1. The number of hydrogen-bond acceptors (Lipinski definition) is 4. The molecule has 0 atom stereocenters. The molecule has 2 rings (SSSR count). The summed E-state index contributed by atoms with van der Waals surface area (Å²) in [5.74, 6) is -0.497. The number of carbonyl (C=O) groups is 1. The standard InChI is InChI=1S/C18H21NO4/c1-2-3-4-12-23-14-10-8-13(9-11-14)19-18(22)15-6-5-7-16(20)17(15)21/h5-11,20-21H,2-4,12H2,1H3,(H,19,22). The Morgan fingerprint density at radius 1 is 1.09 bits per heavy atom. The minimum Gasteiger partial charge on any atom is -0.504 e. The van der Waals surface area contributed by atoms with Gasteiger partial charge in [-0.25, -0.2) is 0 Å². The Bertz CT molecular complexity index is 653. The van der Waals surface area contributed by atoms with Crippen LogP contribution in [0.4, 0.5) is 5.69 Å². The molecule has 0 aromatic heterocycles. The molecule has 0 heterocycles. The lowest BCUT2D eigenvalue weighted by molar-refractivity contribution is 0.102. The highest BCUT2D eigenvalue weighted by Crippen LogP contribution is 2.28. The van der Waals surface area contributed by atoms with E-state index in [9.17, 15) is 15.0 Å². The first kappa shape index (κ1) is 16.7. The molecule has 2 aromatic carbocycles. The summed E-state index contributed by atoms with van der Waals surface area (Å²) >= 11 is 0. The molecular formula is C18H21NO4. The minimum atomic E-state index is -0.491. The van der Waals surface area contributed by atoms with Gasteiger partial charge in [0.25, 0.3) is 5.91 Å². The molecule has 1 amide bonds. The molecule has 0 fully saturated rings. The highest BCUT2D eigenvalue weighted by atomic mass is 16.5. The van der Waals surface area contributed by atoms with Gasteiger partial charge >= 0.3 is 0 Å². The van der Waals surface area contributed by atoms with Crippen LogP contribution in [0.25, 0.3) is 0 Å². The highest BCUT2D eigenvalue weighted by Gasteiger charge is 2.13. The van der Waals surface area contributed by atoms with Crippen LogP contribution in [0, 0.1) is 0 Å². The number of amides is 1. The summed E-state index contributed by atoms with van der Waals surface area (Å²) in [6.07, 6.45) is 3.31. The molecule has 122 valence electrons. The molecule has 0 spiro atoms. The Hall–Kier alpha value is -2.69. The van der Waals surface area contributed by atoms with Crippen LogP contribution in [0.5, 0.6) is 17.2 Å². The van der Waals surface area contributed by atoms with Gasteiger partial charge in [-0.3, -0.25) is 4.79 Å². The van der Waals surface area contributed by atoms with E-state index >= 15 is 0 Å². The van der Waals surface area contributed by atoms with Gasteiger partial charge in [0.2, 0.25) is 0 Å². The number of aromatic hydroxyl groups is 2. The van der Waals surface area contributed by atoms with Crippen LogP contribution in [0.1, 0.15) is 36.5 Å². The lowest BCUT2D eigenvalue weighted by Crippen LogP contribution is -2.12. The number of anilines is 1. The maximum Gasteiger partial charge on any atom is 0.259 e. The summed E-state index contributed by atoms with van der Waals surface area (Å²) in [6.45, 7) is 2.82. The van der Waals surface area contributed by atoms with E-state index in [2.05, 4.69) is 12.2 Å². The molecule has 0 saturated heterocycles. The molecule has 0 aliphatic rings. The molecule has 2 aromatic rings. The number of phenols is 2. The van der Waals surface area contributed by atoms with Gasteiger partial charge in [-0.15, -0.1) is 0 Å². The number of rotatable bonds is 7. The Labute approximate surface area is 135 Å². The van der Waals surface area contributed by atoms with Crippen molar-refractivity contribution in [3.05, 3.63) is 48.0 Å². The summed E-state index contributed by atoms with van der Waals surface area (Å²) in [7, 11) is 0. The Morgan fingerprint density at radius 2 is 1.83 bits per heavy atom. The molecule has 23 heavy (non-hydrogen) atoms. The number of hydrogen-bond donors (Lipinski definition) is 3. The van der Waals surface area contributed by atoms with E-state index in [1.165, 1.54) is 18.2 Å². The van der Waals surface area contributed by atoms with Crippen LogP contribution in [-0.2, 0) is 0 Å². The van der Waals surface area contributed by atoms with E-state index in [0.29, 0.717) is 12.3 Å². The summed E-state index contributed by atoms with van der Waals surface area (Å²) in [6, 6.07) is 11.3. The van der Waals surface area contributed by atoms with E-state index in [4.69, 9.17) is 4.74 Å². The van der Waals surface area contributed by atoms with Crippen molar-refractivity contribution >= 4 is 11.6 Å². The molecule has 5 heteroatoms. The second-order valence-corrected chi connectivity index (χ2v) is 5.21. The van der Waals surface area contributed by atoms with Crippen LogP contribution < -0.4 is 10.1 Å². The van der Waals surface area contributed by atoms with Crippen molar-refractivity contribution in [2.24, 2.45) is 0 Å². The highest BCUT2D eigenvalue weighted by molar-refractivity contribution is 6.06. The zero-order chi connectivity index (χ0) is 16.7. The fourth-order valence-electron chi connectivity index (χ4n) is 2.09. The number of nitrogens with one attached hydrogen (secondary N) is 1. The van der Waals surface area contributed by atoms with Gasteiger partial charge < -0.3 is 20.3 Å². The number of unbranched alkanes of at least 4 members (excludes halogenated alkanes) is 2. The van der Waals surface area contributed by atoms with Gasteiger partial charge in [-0.2, -0.15) is 0 Å². The summed E-state index contributed by atoms with van der Waals surface area (Å²) in [4.78, 5) is 12.1. The topological polar surface area (TPSA) is 78.8 Å². The van der Waals surface area contributed by atoms with Crippen LogP contribution in [0.2, 0.25) is 0 Å². The first-order valence-electron chi connectivity index (χ1n) is 7.67. The number of carbonyl (C=O) groups excluding carboxylic acids is 1. The first-order chi connectivity index (χ1) is 11.1. The normalized spacial score (nSPS) is 10.3. The van der Waals surface area contributed by atoms with Gasteiger partial charge in [-0.05, 0) is 42.8 Å². The predicted molar refractivity (Wildman–Crippen MR) is 89.2 cm³/mol. The Balaban J connectivity index is 1.95. The van der Waals surface area contributed by atoms with Gasteiger partial charge in [0.15, 0.2) is 11.5 Å². The van der Waals surface area contributed by atoms with Crippen molar-refractivity contribution in [3.8, 4) is 17.2 Å². The lowest BCUT2D eigenvalue weighted by atomic mass is 10.1. The fourth-order valence-corrected chi connectivity index (χ4v) is 2.09. The Morgan fingerprint density at radius 3 is 2.52 bits per heavy atom. The maximum absolute atomic E-state index is 12.1. The van der Waals surface area contributed by atoms with Crippen molar-refractivity contribution < 1.29 is 19.7 Å². The fraction of sp³-hybridized carbons (Fsp3) is 0.278.